The van der Waals surface area contributed by atoms with Gasteiger partial charge in [0, 0.05) is 4.88 Å². The van der Waals surface area contributed by atoms with Crippen LogP contribution < -0.4 is 0 Å². The molecule has 0 saturated carbocycles. The van der Waals surface area contributed by atoms with Gasteiger partial charge in [-0.15, -0.1) is 11.3 Å². The minimum atomic E-state index is -0.679. The van der Waals surface area contributed by atoms with E-state index in [1.54, 1.807) is 11.3 Å². The number of aliphatic hydroxyl groups excluding tert-OH is 1. The zero-order valence-corrected chi connectivity index (χ0v) is 10.3. The summed E-state index contributed by atoms with van der Waals surface area (Å²) in [6.45, 7) is 3.77. The van der Waals surface area contributed by atoms with E-state index in [2.05, 4.69) is 9.98 Å². The van der Waals surface area contributed by atoms with Crippen molar-refractivity contribution in [3.05, 3.63) is 16.0 Å². The van der Waals surface area contributed by atoms with Crippen molar-refractivity contribution in [1.29, 1.82) is 0 Å². The van der Waals surface area contributed by atoms with Crippen LogP contribution in [0.3, 0.4) is 0 Å². The summed E-state index contributed by atoms with van der Waals surface area (Å²) in [4.78, 5) is 23.0. The Morgan fingerprint density at radius 1 is 1.53 bits per heavy atom. The Bertz CT molecular complexity index is 574. The Labute approximate surface area is 102 Å². The molecular weight excluding hydrogens is 238 g/mol. The molecule has 0 saturated heterocycles. The number of thiophene rings is 1. The van der Waals surface area contributed by atoms with Gasteiger partial charge in [-0.25, -0.2) is 4.99 Å². The van der Waals surface area contributed by atoms with Crippen LogP contribution in [0.2, 0.25) is 0 Å². The van der Waals surface area contributed by atoms with Gasteiger partial charge in [0.15, 0.2) is 6.04 Å². The molecule has 0 radical (unpaired) electrons. The van der Waals surface area contributed by atoms with Gasteiger partial charge in [0.25, 0.3) is 5.91 Å². The fourth-order valence-corrected chi connectivity index (χ4v) is 3.01. The summed E-state index contributed by atoms with van der Waals surface area (Å²) >= 11 is 1.60. The van der Waals surface area contributed by atoms with Crippen LogP contribution in [0.25, 0.3) is 0 Å². The van der Waals surface area contributed by atoms with Crippen LogP contribution >= 0.6 is 11.3 Å². The predicted molar refractivity (Wildman–Crippen MR) is 66.2 cm³/mol. The summed E-state index contributed by atoms with van der Waals surface area (Å²) in [7, 11) is 0. The maximum atomic E-state index is 11.9. The second kappa shape index (κ2) is 3.48. The van der Waals surface area contributed by atoms with Gasteiger partial charge >= 0.3 is 0 Å². The first-order valence-corrected chi connectivity index (χ1v) is 6.11. The normalized spacial score (nSPS) is 21.6. The van der Waals surface area contributed by atoms with E-state index in [0.29, 0.717) is 5.84 Å². The minimum Gasteiger partial charge on any atom is -0.394 e. The average Bonchev–Trinajstić information content (AvgIpc) is 2.79. The third-order valence-electron chi connectivity index (χ3n) is 3.08. The molecule has 5 nitrogen and oxygen atoms in total. The van der Waals surface area contributed by atoms with Crippen molar-refractivity contribution >= 4 is 34.4 Å². The number of rotatable bonds is 1. The van der Waals surface area contributed by atoms with E-state index in [1.165, 1.54) is 16.1 Å². The first kappa shape index (κ1) is 10.6. The van der Waals surface area contributed by atoms with E-state index in [9.17, 15) is 4.79 Å². The summed E-state index contributed by atoms with van der Waals surface area (Å²) in [6, 6.07) is -0.679. The minimum absolute atomic E-state index is 0.208. The quantitative estimate of drug-likeness (QED) is 0.806. The molecule has 1 atom stereocenters. The molecule has 17 heavy (non-hydrogen) atoms. The lowest BCUT2D eigenvalue weighted by Crippen LogP contribution is -2.36. The summed E-state index contributed by atoms with van der Waals surface area (Å²) in [6.07, 6.45) is 1.49. The molecule has 2 aliphatic heterocycles. The molecule has 1 N–H and O–H groups in total. The highest BCUT2D eigenvalue weighted by atomic mass is 32.1. The van der Waals surface area contributed by atoms with Gasteiger partial charge in [0.1, 0.15) is 17.2 Å². The van der Waals surface area contributed by atoms with E-state index in [4.69, 9.17) is 5.11 Å². The number of amides is 1. The van der Waals surface area contributed by atoms with Crippen LogP contribution in [0.15, 0.2) is 9.98 Å². The first-order chi connectivity index (χ1) is 8.13. The smallest absolute Gasteiger partial charge is 0.260 e. The molecule has 1 amide bonds. The van der Waals surface area contributed by atoms with Gasteiger partial charge in [0.05, 0.1) is 12.2 Å². The molecule has 0 spiro atoms. The number of fused-ring (bicyclic) bond motifs is 3. The van der Waals surface area contributed by atoms with Gasteiger partial charge in [0.2, 0.25) is 0 Å². The molecule has 0 aliphatic carbocycles. The fourth-order valence-electron chi connectivity index (χ4n) is 2.02. The van der Waals surface area contributed by atoms with Gasteiger partial charge in [-0.3, -0.25) is 14.7 Å². The molecular formula is C11H11N3O2S. The average molecular weight is 249 g/mol. The third-order valence-corrected chi connectivity index (χ3v) is 4.20. The molecule has 3 rings (SSSR count). The maximum Gasteiger partial charge on any atom is 0.260 e. The number of aliphatic hydroxyl groups is 1. The Morgan fingerprint density at radius 3 is 3.00 bits per heavy atom. The van der Waals surface area contributed by atoms with Crippen LogP contribution in [0.4, 0.5) is 5.00 Å². The molecule has 0 bridgehead atoms. The zero-order chi connectivity index (χ0) is 12.2. The van der Waals surface area contributed by atoms with Gasteiger partial charge in [-0.05, 0) is 19.4 Å². The van der Waals surface area contributed by atoms with Crippen molar-refractivity contribution < 1.29 is 9.90 Å². The Hall–Kier alpha value is -1.53. The van der Waals surface area contributed by atoms with E-state index in [1.807, 2.05) is 13.8 Å². The van der Waals surface area contributed by atoms with Crippen molar-refractivity contribution in [2.45, 2.75) is 19.9 Å². The van der Waals surface area contributed by atoms with Crippen LogP contribution in [-0.4, -0.2) is 40.7 Å². The van der Waals surface area contributed by atoms with Gasteiger partial charge in [-0.2, -0.15) is 0 Å². The second-order valence-corrected chi connectivity index (χ2v) is 5.27. The number of aliphatic imine (C=N–C) groups is 2. The summed E-state index contributed by atoms with van der Waals surface area (Å²) in [5, 5.41) is 10.00. The fraction of sp³-hybridized carbons (Fsp3) is 0.364. The van der Waals surface area contributed by atoms with E-state index >= 15 is 0 Å². The molecule has 1 unspecified atom stereocenters. The largest absolute Gasteiger partial charge is 0.394 e. The van der Waals surface area contributed by atoms with Crippen LogP contribution in [0.1, 0.15) is 16.0 Å². The number of aryl methyl sites for hydroxylation is 1. The monoisotopic (exact) mass is 249 g/mol. The zero-order valence-electron chi connectivity index (χ0n) is 9.47. The SMILES string of the molecule is Cc1sc2c(c1C)C1=NC(CO)C(=O)N1C=N2. The number of carbonyl (C=O) groups is 1. The number of hydrogen-bond acceptors (Lipinski definition) is 5. The van der Waals surface area contributed by atoms with Crippen molar-refractivity contribution in [2.75, 3.05) is 6.61 Å². The lowest BCUT2D eigenvalue weighted by atomic mass is 10.1. The number of nitrogens with zero attached hydrogens (tertiary/aromatic N) is 3. The molecule has 0 aromatic carbocycles. The second-order valence-electron chi connectivity index (χ2n) is 4.07. The van der Waals surface area contributed by atoms with Crippen molar-refractivity contribution in [3.8, 4) is 0 Å². The lowest BCUT2D eigenvalue weighted by molar-refractivity contribution is -0.125. The summed E-state index contributed by atoms with van der Waals surface area (Å²) < 4.78 is 0. The highest BCUT2D eigenvalue weighted by molar-refractivity contribution is 7.16. The standard InChI is InChI=1S/C11H11N3O2S/c1-5-6(2)17-10-8(5)9-13-7(3-15)11(16)14(9)4-12-10/h4,7,15H,3H2,1-2H3. The highest BCUT2D eigenvalue weighted by Crippen LogP contribution is 2.39. The van der Waals surface area contributed by atoms with Crippen LogP contribution in [0.5, 0.6) is 0 Å². The van der Waals surface area contributed by atoms with Crippen LogP contribution in [0, 0.1) is 13.8 Å². The molecule has 3 heterocycles. The van der Waals surface area contributed by atoms with Gasteiger partial charge in [-0.1, -0.05) is 0 Å². The van der Waals surface area contributed by atoms with Crippen molar-refractivity contribution in [1.82, 2.24) is 4.90 Å². The topological polar surface area (TPSA) is 65.3 Å². The maximum absolute atomic E-state index is 11.9. The Kier molecular flexibility index (Phi) is 2.17. The lowest BCUT2D eigenvalue weighted by Gasteiger charge is -2.17. The number of carbonyl (C=O) groups excluding carboxylic acids is 1. The Morgan fingerprint density at radius 2 is 2.29 bits per heavy atom. The number of amidine groups is 1. The summed E-state index contributed by atoms with van der Waals surface area (Å²) in [5.41, 5.74) is 2.04. The molecule has 1 aromatic heterocycles. The molecule has 0 fully saturated rings. The number of hydrogen-bond donors (Lipinski definition) is 1. The molecule has 2 aliphatic rings. The van der Waals surface area contributed by atoms with Crippen LogP contribution in [-0.2, 0) is 4.79 Å². The van der Waals surface area contributed by atoms with E-state index in [-0.39, 0.29) is 12.5 Å². The molecule has 6 heteroatoms. The van der Waals surface area contributed by atoms with Gasteiger partial charge < -0.3 is 5.11 Å². The van der Waals surface area contributed by atoms with Crippen molar-refractivity contribution in [2.24, 2.45) is 9.98 Å². The van der Waals surface area contributed by atoms with E-state index < -0.39 is 6.04 Å². The molecule has 88 valence electrons. The molecule has 1 aromatic rings. The first-order valence-electron chi connectivity index (χ1n) is 5.29. The third kappa shape index (κ3) is 1.31. The Balaban J connectivity index is 2.19. The van der Waals surface area contributed by atoms with Crippen molar-refractivity contribution in [3.63, 3.8) is 0 Å². The summed E-state index contributed by atoms with van der Waals surface area (Å²) in [5.74, 6) is 0.418. The highest BCUT2D eigenvalue weighted by Gasteiger charge is 2.38. The van der Waals surface area contributed by atoms with E-state index in [0.717, 1.165) is 16.1 Å². The predicted octanol–water partition coefficient (Wildman–Crippen LogP) is 0.988.